The lowest BCUT2D eigenvalue weighted by Crippen LogP contribution is -2.43. The molecule has 92 valence electrons. The zero-order chi connectivity index (χ0) is 12.4. The zero-order valence-corrected chi connectivity index (χ0v) is 10.3. The summed E-state index contributed by atoms with van der Waals surface area (Å²) in [5, 5.41) is 0. The molecule has 2 nitrogen and oxygen atoms in total. The van der Waals surface area contributed by atoms with Gasteiger partial charge in [-0.3, -0.25) is 0 Å². The van der Waals surface area contributed by atoms with Crippen LogP contribution in [0.1, 0.15) is 16.7 Å². The minimum absolute atomic E-state index is 0.466. The maximum absolute atomic E-state index is 6.10. The average molecular weight is 239 g/mol. The molecule has 2 aromatic rings. The molecule has 18 heavy (non-hydrogen) atoms. The van der Waals surface area contributed by atoms with Crippen molar-refractivity contribution < 1.29 is 4.74 Å². The Hall–Kier alpha value is -1.64. The predicted molar refractivity (Wildman–Crippen MR) is 72.4 cm³/mol. The highest BCUT2D eigenvalue weighted by molar-refractivity contribution is 5.43. The summed E-state index contributed by atoms with van der Waals surface area (Å²) in [6.45, 7) is 1.19. The van der Waals surface area contributed by atoms with Crippen LogP contribution in [0.4, 0.5) is 0 Å². The maximum atomic E-state index is 6.10. The van der Waals surface area contributed by atoms with E-state index >= 15 is 0 Å². The van der Waals surface area contributed by atoms with Gasteiger partial charge in [-0.05, 0) is 23.1 Å². The van der Waals surface area contributed by atoms with Crippen molar-refractivity contribution in [3.8, 4) is 0 Å². The molecule has 1 atom stereocenters. The van der Waals surface area contributed by atoms with Crippen LogP contribution in [0.2, 0.25) is 0 Å². The van der Waals surface area contributed by atoms with Crippen LogP contribution in [-0.2, 0) is 16.8 Å². The van der Waals surface area contributed by atoms with Gasteiger partial charge in [0.15, 0.2) is 0 Å². The standard InChI is InChI=1S/C16H17NO/c17-12-16(14-7-2-1-3-8-14)15-9-5-4-6-13(15)10-11-18-16/h1-9H,10-12,17H2. The van der Waals surface area contributed by atoms with Crippen LogP contribution in [-0.4, -0.2) is 13.2 Å². The van der Waals surface area contributed by atoms with Crippen molar-refractivity contribution in [2.75, 3.05) is 13.2 Å². The molecule has 0 fully saturated rings. The Morgan fingerprint density at radius 1 is 1.00 bits per heavy atom. The lowest BCUT2D eigenvalue weighted by molar-refractivity contribution is -0.0215. The molecule has 0 aliphatic carbocycles. The molecule has 2 N–H and O–H groups in total. The molecular weight excluding hydrogens is 222 g/mol. The lowest BCUT2D eigenvalue weighted by atomic mass is 9.81. The quantitative estimate of drug-likeness (QED) is 0.873. The first kappa shape index (κ1) is 11.5. The van der Waals surface area contributed by atoms with E-state index < -0.39 is 5.60 Å². The van der Waals surface area contributed by atoms with E-state index in [1.165, 1.54) is 11.1 Å². The van der Waals surface area contributed by atoms with Crippen LogP contribution < -0.4 is 5.73 Å². The minimum atomic E-state index is -0.476. The van der Waals surface area contributed by atoms with Gasteiger partial charge in [0.25, 0.3) is 0 Å². The van der Waals surface area contributed by atoms with E-state index in [-0.39, 0.29) is 0 Å². The zero-order valence-electron chi connectivity index (χ0n) is 10.3. The summed E-state index contributed by atoms with van der Waals surface area (Å²) in [7, 11) is 0. The van der Waals surface area contributed by atoms with Crippen LogP contribution in [0.5, 0.6) is 0 Å². The Balaban J connectivity index is 2.19. The van der Waals surface area contributed by atoms with Gasteiger partial charge in [-0.25, -0.2) is 0 Å². The van der Waals surface area contributed by atoms with E-state index in [2.05, 4.69) is 36.4 Å². The van der Waals surface area contributed by atoms with E-state index in [1.54, 1.807) is 0 Å². The topological polar surface area (TPSA) is 35.2 Å². The summed E-state index contributed by atoms with van der Waals surface area (Å²) in [6, 6.07) is 18.7. The predicted octanol–water partition coefficient (Wildman–Crippen LogP) is 2.46. The normalized spacial score (nSPS) is 22.5. The Labute approximate surface area is 107 Å². The van der Waals surface area contributed by atoms with Gasteiger partial charge in [-0.1, -0.05) is 54.6 Å². The first-order valence-electron chi connectivity index (χ1n) is 6.35. The number of rotatable bonds is 2. The first-order valence-corrected chi connectivity index (χ1v) is 6.35. The molecule has 0 saturated carbocycles. The van der Waals surface area contributed by atoms with Crippen molar-refractivity contribution in [3.63, 3.8) is 0 Å². The molecule has 1 unspecified atom stereocenters. The lowest BCUT2D eigenvalue weighted by Gasteiger charge is -2.38. The molecule has 1 aliphatic heterocycles. The largest absolute Gasteiger partial charge is 0.364 e. The van der Waals surface area contributed by atoms with E-state index in [0.29, 0.717) is 6.54 Å². The first-order chi connectivity index (χ1) is 8.87. The molecule has 0 aromatic heterocycles. The minimum Gasteiger partial charge on any atom is -0.364 e. The smallest absolute Gasteiger partial charge is 0.130 e. The van der Waals surface area contributed by atoms with E-state index in [0.717, 1.165) is 18.6 Å². The third-order valence-electron chi connectivity index (χ3n) is 3.70. The third kappa shape index (κ3) is 1.65. The fraction of sp³-hybridized carbons (Fsp3) is 0.250. The molecule has 0 bridgehead atoms. The second-order valence-electron chi connectivity index (χ2n) is 4.65. The Morgan fingerprint density at radius 3 is 2.50 bits per heavy atom. The number of hydrogen-bond acceptors (Lipinski definition) is 2. The molecule has 0 spiro atoms. The number of nitrogens with two attached hydrogens (primary N) is 1. The highest BCUT2D eigenvalue weighted by Gasteiger charge is 2.38. The van der Waals surface area contributed by atoms with Gasteiger partial charge in [0.1, 0.15) is 5.60 Å². The molecule has 2 heteroatoms. The van der Waals surface area contributed by atoms with Crippen LogP contribution >= 0.6 is 0 Å². The summed E-state index contributed by atoms with van der Waals surface area (Å²) in [5.74, 6) is 0. The molecule has 1 heterocycles. The third-order valence-corrected chi connectivity index (χ3v) is 3.70. The van der Waals surface area contributed by atoms with E-state index in [9.17, 15) is 0 Å². The summed E-state index contributed by atoms with van der Waals surface area (Å²) in [5.41, 5.74) is 9.28. The molecular formula is C16H17NO. The number of fused-ring (bicyclic) bond motifs is 1. The number of benzene rings is 2. The van der Waals surface area contributed by atoms with E-state index in [4.69, 9.17) is 10.5 Å². The van der Waals surface area contributed by atoms with E-state index in [1.807, 2.05) is 18.2 Å². The van der Waals surface area contributed by atoms with Gasteiger partial charge >= 0.3 is 0 Å². The fourth-order valence-electron chi connectivity index (χ4n) is 2.78. The highest BCUT2D eigenvalue weighted by atomic mass is 16.5. The summed E-state index contributed by atoms with van der Waals surface area (Å²) < 4.78 is 6.10. The Morgan fingerprint density at radius 2 is 1.72 bits per heavy atom. The van der Waals surface area contributed by atoms with Crippen molar-refractivity contribution in [2.45, 2.75) is 12.0 Å². The average Bonchev–Trinajstić information content (AvgIpc) is 2.47. The molecule has 0 saturated heterocycles. The maximum Gasteiger partial charge on any atom is 0.130 e. The van der Waals surface area contributed by atoms with Crippen LogP contribution in [0.25, 0.3) is 0 Å². The van der Waals surface area contributed by atoms with Crippen molar-refractivity contribution in [3.05, 3.63) is 71.3 Å². The molecule has 1 aliphatic rings. The number of hydrogen-bond donors (Lipinski definition) is 1. The van der Waals surface area contributed by atoms with Crippen LogP contribution in [0, 0.1) is 0 Å². The molecule has 3 rings (SSSR count). The Bertz CT molecular complexity index is 538. The van der Waals surface area contributed by atoms with Crippen molar-refractivity contribution >= 4 is 0 Å². The SMILES string of the molecule is NCC1(c2ccccc2)OCCc2ccccc21. The van der Waals surface area contributed by atoms with Gasteiger partial charge in [-0.15, -0.1) is 0 Å². The van der Waals surface area contributed by atoms with Gasteiger partial charge < -0.3 is 10.5 Å². The van der Waals surface area contributed by atoms with Crippen LogP contribution in [0.3, 0.4) is 0 Å². The highest BCUT2D eigenvalue weighted by Crippen LogP contribution is 2.38. The molecule has 2 aromatic carbocycles. The monoisotopic (exact) mass is 239 g/mol. The van der Waals surface area contributed by atoms with Crippen LogP contribution in [0.15, 0.2) is 54.6 Å². The Kier molecular flexibility index (Phi) is 2.90. The van der Waals surface area contributed by atoms with Gasteiger partial charge in [0, 0.05) is 6.54 Å². The molecule has 0 amide bonds. The second-order valence-corrected chi connectivity index (χ2v) is 4.65. The van der Waals surface area contributed by atoms with Gasteiger partial charge in [0.2, 0.25) is 0 Å². The molecule has 0 radical (unpaired) electrons. The van der Waals surface area contributed by atoms with Crippen molar-refractivity contribution in [2.24, 2.45) is 5.73 Å². The van der Waals surface area contributed by atoms with Gasteiger partial charge in [-0.2, -0.15) is 0 Å². The summed E-state index contributed by atoms with van der Waals surface area (Å²) in [6.07, 6.45) is 0.963. The second kappa shape index (κ2) is 4.56. The van der Waals surface area contributed by atoms with Gasteiger partial charge in [0.05, 0.1) is 6.61 Å². The van der Waals surface area contributed by atoms with Crippen molar-refractivity contribution in [1.82, 2.24) is 0 Å². The summed E-state index contributed by atoms with van der Waals surface area (Å²) in [4.78, 5) is 0. The summed E-state index contributed by atoms with van der Waals surface area (Å²) >= 11 is 0. The number of ether oxygens (including phenoxy) is 1. The fourth-order valence-corrected chi connectivity index (χ4v) is 2.78. The van der Waals surface area contributed by atoms with Crippen molar-refractivity contribution in [1.29, 1.82) is 0 Å².